The summed E-state index contributed by atoms with van der Waals surface area (Å²) in [7, 11) is 0. The Morgan fingerprint density at radius 1 is 1.00 bits per heavy atom. The molecule has 2 fully saturated rings. The fourth-order valence-corrected chi connectivity index (χ4v) is 2.51. The van der Waals surface area contributed by atoms with Crippen molar-refractivity contribution >= 4 is 0 Å². The second-order valence-electron chi connectivity index (χ2n) is 5.07. The summed E-state index contributed by atoms with van der Waals surface area (Å²) < 4.78 is 10.7. The van der Waals surface area contributed by atoms with Gasteiger partial charge in [0, 0.05) is 26.3 Å². The van der Waals surface area contributed by atoms with E-state index in [0.29, 0.717) is 0 Å². The first-order chi connectivity index (χ1) is 8.45. The van der Waals surface area contributed by atoms with Gasteiger partial charge in [0.1, 0.15) is 0 Å². The van der Waals surface area contributed by atoms with Crippen LogP contribution in [0.5, 0.6) is 0 Å². The van der Waals surface area contributed by atoms with Crippen LogP contribution in [0.4, 0.5) is 0 Å². The zero-order chi connectivity index (χ0) is 11.8. The van der Waals surface area contributed by atoms with Crippen molar-refractivity contribution in [2.45, 2.75) is 19.3 Å². The number of nitrogens with zero attached hydrogens (tertiary/aromatic N) is 1. The Balaban J connectivity index is 1.42. The van der Waals surface area contributed by atoms with Gasteiger partial charge in [-0.2, -0.15) is 0 Å². The smallest absolute Gasteiger partial charge is 0.0594 e. The fraction of sp³-hybridized carbons (Fsp3) is 1.00. The molecule has 0 aliphatic carbocycles. The molecule has 0 bridgehead atoms. The Labute approximate surface area is 105 Å². The number of hydrogen-bond acceptors (Lipinski definition) is 4. The summed E-state index contributed by atoms with van der Waals surface area (Å²) >= 11 is 0. The molecule has 0 aromatic rings. The molecular weight excluding hydrogens is 216 g/mol. The normalized spacial score (nSPS) is 24.0. The Hall–Kier alpha value is -0.160. The summed E-state index contributed by atoms with van der Waals surface area (Å²) in [5.41, 5.74) is 0. The molecule has 2 aliphatic heterocycles. The lowest BCUT2D eigenvalue weighted by molar-refractivity contribution is 0.0373. The topological polar surface area (TPSA) is 33.7 Å². The summed E-state index contributed by atoms with van der Waals surface area (Å²) in [4.78, 5) is 2.50. The van der Waals surface area contributed by atoms with Crippen molar-refractivity contribution in [3.05, 3.63) is 0 Å². The van der Waals surface area contributed by atoms with E-state index in [0.717, 1.165) is 52.0 Å². The lowest BCUT2D eigenvalue weighted by Crippen LogP contribution is -2.38. The summed E-state index contributed by atoms with van der Waals surface area (Å²) in [5.74, 6) is 0.840. The van der Waals surface area contributed by atoms with Gasteiger partial charge in [0.15, 0.2) is 0 Å². The van der Waals surface area contributed by atoms with Crippen molar-refractivity contribution in [2.75, 3.05) is 59.2 Å². The van der Waals surface area contributed by atoms with Gasteiger partial charge >= 0.3 is 0 Å². The van der Waals surface area contributed by atoms with Crippen LogP contribution < -0.4 is 5.32 Å². The molecule has 100 valence electrons. The fourth-order valence-electron chi connectivity index (χ4n) is 2.51. The summed E-state index contributed by atoms with van der Waals surface area (Å²) in [5, 5.41) is 3.58. The quantitative estimate of drug-likeness (QED) is 0.696. The molecule has 4 nitrogen and oxygen atoms in total. The van der Waals surface area contributed by atoms with Gasteiger partial charge in [0.05, 0.1) is 13.2 Å². The first-order valence-corrected chi connectivity index (χ1v) is 7.04. The molecular formula is C13H26N2O2. The first kappa shape index (κ1) is 13.3. The Morgan fingerprint density at radius 2 is 1.71 bits per heavy atom. The molecule has 2 aliphatic rings. The summed E-state index contributed by atoms with van der Waals surface area (Å²) in [6.07, 6.45) is 3.72. The summed E-state index contributed by atoms with van der Waals surface area (Å²) in [6, 6.07) is 0. The molecule has 2 heterocycles. The maximum Gasteiger partial charge on any atom is 0.0594 e. The van der Waals surface area contributed by atoms with Gasteiger partial charge in [-0.25, -0.2) is 0 Å². The third-order valence-electron chi connectivity index (χ3n) is 3.71. The minimum Gasteiger partial charge on any atom is -0.381 e. The van der Waals surface area contributed by atoms with Crippen LogP contribution in [0.25, 0.3) is 0 Å². The van der Waals surface area contributed by atoms with E-state index in [2.05, 4.69) is 10.2 Å². The van der Waals surface area contributed by atoms with Crippen molar-refractivity contribution in [1.82, 2.24) is 10.2 Å². The van der Waals surface area contributed by atoms with Crippen molar-refractivity contribution in [2.24, 2.45) is 5.92 Å². The van der Waals surface area contributed by atoms with E-state index in [1.165, 1.54) is 32.4 Å². The highest BCUT2D eigenvalue weighted by Crippen LogP contribution is 2.12. The highest BCUT2D eigenvalue weighted by molar-refractivity contribution is 4.67. The maximum atomic E-state index is 5.36. The molecule has 0 amide bonds. The molecule has 2 saturated heterocycles. The van der Waals surface area contributed by atoms with Gasteiger partial charge in [-0.3, -0.25) is 4.90 Å². The van der Waals surface area contributed by atoms with Crippen LogP contribution in [0.1, 0.15) is 19.3 Å². The largest absolute Gasteiger partial charge is 0.381 e. The predicted octanol–water partition coefficient (Wildman–Crippen LogP) is 0.725. The SMILES string of the molecule is C(CNCC1CCOCC1)CN1CCOCC1. The second kappa shape index (κ2) is 8.03. The van der Waals surface area contributed by atoms with Crippen LogP contribution in [0, 0.1) is 5.92 Å². The lowest BCUT2D eigenvalue weighted by Gasteiger charge is -2.26. The van der Waals surface area contributed by atoms with Gasteiger partial charge in [0.2, 0.25) is 0 Å². The van der Waals surface area contributed by atoms with E-state index in [1.54, 1.807) is 0 Å². The van der Waals surface area contributed by atoms with Crippen molar-refractivity contribution in [3.63, 3.8) is 0 Å². The van der Waals surface area contributed by atoms with Crippen LogP contribution in [0.15, 0.2) is 0 Å². The van der Waals surface area contributed by atoms with E-state index >= 15 is 0 Å². The van der Waals surface area contributed by atoms with Crippen LogP contribution in [0.3, 0.4) is 0 Å². The van der Waals surface area contributed by atoms with Crippen molar-refractivity contribution in [1.29, 1.82) is 0 Å². The van der Waals surface area contributed by atoms with Crippen LogP contribution in [-0.4, -0.2) is 64.1 Å². The van der Waals surface area contributed by atoms with Crippen LogP contribution >= 0.6 is 0 Å². The van der Waals surface area contributed by atoms with Crippen molar-refractivity contribution in [3.8, 4) is 0 Å². The van der Waals surface area contributed by atoms with Gasteiger partial charge in [-0.05, 0) is 44.8 Å². The van der Waals surface area contributed by atoms with E-state index in [-0.39, 0.29) is 0 Å². The number of morpholine rings is 1. The van der Waals surface area contributed by atoms with E-state index in [1.807, 2.05) is 0 Å². The Morgan fingerprint density at radius 3 is 2.47 bits per heavy atom. The average molecular weight is 242 g/mol. The molecule has 0 spiro atoms. The molecule has 1 N–H and O–H groups in total. The molecule has 0 aromatic heterocycles. The molecule has 0 atom stereocenters. The number of hydrogen-bond donors (Lipinski definition) is 1. The first-order valence-electron chi connectivity index (χ1n) is 7.04. The average Bonchev–Trinajstić information content (AvgIpc) is 2.41. The van der Waals surface area contributed by atoms with E-state index < -0.39 is 0 Å². The van der Waals surface area contributed by atoms with E-state index in [4.69, 9.17) is 9.47 Å². The zero-order valence-electron chi connectivity index (χ0n) is 10.8. The highest BCUT2D eigenvalue weighted by Gasteiger charge is 2.13. The minimum absolute atomic E-state index is 0.840. The molecule has 4 heteroatoms. The maximum absolute atomic E-state index is 5.36. The standard InChI is InChI=1S/C13H26N2O2/c1(5-15-6-10-17-11-7-15)4-14-12-13-2-8-16-9-3-13/h13-14H,1-12H2. The Bertz CT molecular complexity index is 170. The third kappa shape index (κ3) is 5.34. The van der Waals surface area contributed by atoms with Gasteiger partial charge in [0.25, 0.3) is 0 Å². The zero-order valence-corrected chi connectivity index (χ0v) is 10.8. The van der Waals surface area contributed by atoms with Crippen molar-refractivity contribution < 1.29 is 9.47 Å². The van der Waals surface area contributed by atoms with Gasteiger partial charge in [-0.15, -0.1) is 0 Å². The highest BCUT2D eigenvalue weighted by atomic mass is 16.5. The molecule has 17 heavy (non-hydrogen) atoms. The molecule has 0 saturated carbocycles. The molecule has 0 radical (unpaired) electrons. The monoisotopic (exact) mass is 242 g/mol. The lowest BCUT2D eigenvalue weighted by atomic mass is 10.0. The second-order valence-corrected chi connectivity index (χ2v) is 5.07. The van der Waals surface area contributed by atoms with Crippen LogP contribution in [0.2, 0.25) is 0 Å². The van der Waals surface area contributed by atoms with Gasteiger partial charge < -0.3 is 14.8 Å². The predicted molar refractivity (Wildman–Crippen MR) is 68.3 cm³/mol. The van der Waals surface area contributed by atoms with Crippen LogP contribution in [-0.2, 0) is 9.47 Å². The molecule has 0 unspecified atom stereocenters. The number of nitrogens with one attached hydrogen (secondary N) is 1. The third-order valence-corrected chi connectivity index (χ3v) is 3.71. The number of ether oxygens (including phenoxy) is 2. The summed E-state index contributed by atoms with van der Waals surface area (Å²) in [6.45, 7) is 9.50. The van der Waals surface area contributed by atoms with E-state index in [9.17, 15) is 0 Å². The Kier molecular flexibility index (Phi) is 6.27. The molecule has 0 aromatic carbocycles. The molecule has 2 rings (SSSR count). The number of rotatable bonds is 6. The minimum atomic E-state index is 0.840. The van der Waals surface area contributed by atoms with Gasteiger partial charge in [-0.1, -0.05) is 0 Å².